The van der Waals surface area contributed by atoms with Crippen LogP contribution in [0.1, 0.15) is 12.5 Å². The molecule has 0 bridgehead atoms. The molecule has 21 heavy (non-hydrogen) atoms. The molecule has 0 aliphatic heterocycles. The number of hydrogen-bond donors (Lipinski definition) is 1. The second-order valence-electron chi connectivity index (χ2n) is 4.63. The van der Waals surface area contributed by atoms with Gasteiger partial charge in [-0.1, -0.05) is 37.3 Å². The summed E-state index contributed by atoms with van der Waals surface area (Å²) >= 11 is 0. The molecule has 2 unspecified atom stereocenters. The van der Waals surface area contributed by atoms with Crippen LogP contribution in [0.5, 0.6) is 0 Å². The molecule has 1 rings (SSSR count). The summed E-state index contributed by atoms with van der Waals surface area (Å²) in [5.74, 6) is -0.529. The second kappa shape index (κ2) is 9.15. The SMILES string of the molecule is COC(=O)C=C(OC)C(C)C(O)COCc1ccccc1. The zero-order valence-corrected chi connectivity index (χ0v) is 12.6. The van der Waals surface area contributed by atoms with E-state index in [1.807, 2.05) is 30.3 Å². The molecule has 0 aliphatic rings. The van der Waals surface area contributed by atoms with Crippen LogP contribution in [0.15, 0.2) is 42.2 Å². The molecular weight excluding hydrogens is 272 g/mol. The largest absolute Gasteiger partial charge is 0.500 e. The van der Waals surface area contributed by atoms with E-state index in [4.69, 9.17) is 9.47 Å². The van der Waals surface area contributed by atoms with E-state index in [1.54, 1.807) is 6.92 Å². The number of hydrogen-bond acceptors (Lipinski definition) is 5. The van der Waals surface area contributed by atoms with E-state index in [0.717, 1.165) is 5.56 Å². The number of benzene rings is 1. The third-order valence-corrected chi connectivity index (χ3v) is 3.12. The van der Waals surface area contributed by atoms with Gasteiger partial charge in [-0.25, -0.2) is 4.79 Å². The van der Waals surface area contributed by atoms with Gasteiger partial charge in [0.25, 0.3) is 0 Å². The van der Waals surface area contributed by atoms with E-state index in [9.17, 15) is 9.90 Å². The topological polar surface area (TPSA) is 65.0 Å². The Kier molecular flexibility index (Phi) is 7.50. The van der Waals surface area contributed by atoms with Crippen molar-refractivity contribution in [3.05, 3.63) is 47.7 Å². The van der Waals surface area contributed by atoms with Gasteiger partial charge in [0.05, 0.1) is 39.6 Å². The molecule has 2 atom stereocenters. The van der Waals surface area contributed by atoms with E-state index in [0.29, 0.717) is 12.4 Å². The predicted octanol–water partition coefficient (Wildman–Crippen LogP) is 1.90. The number of carbonyl (C=O) groups excluding carboxylic acids is 1. The minimum absolute atomic E-state index is 0.151. The van der Waals surface area contributed by atoms with Gasteiger partial charge in [-0.3, -0.25) is 0 Å². The molecule has 0 aromatic heterocycles. The third-order valence-electron chi connectivity index (χ3n) is 3.12. The van der Waals surface area contributed by atoms with Crippen LogP contribution in [0.4, 0.5) is 0 Å². The van der Waals surface area contributed by atoms with Gasteiger partial charge in [0, 0.05) is 5.92 Å². The fourth-order valence-corrected chi connectivity index (χ4v) is 1.76. The van der Waals surface area contributed by atoms with Gasteiger partial charge < -0.3 is 19.3 Å². The van der Waals surface area contributed by atoms with Crippen molar-refractivity contribution in [3.63, 3.8) is 0 Å². The van der Waals surface area contributed by atoms with Crippen molar-refractivity contribution in [2.45, 2.75) is 19.6 Å². The van der Waals surface area contributed by atoms with Gasteiger partial charge in [-0.2, -0.15) is 0 Å². The Morgan fingerprint density at radius 2 is 1.90 bits per heavy atom. The molecule has 0 fully saturated rings. The fourth-order valence-electron chi connectivity index (χ4n) is 1.76. The first-order valence-corrected chi connectivity index (χ1v) is 6.71. The van der Waals surface area contributed by atoms with Gasteiger partial charge in [0.2, 0.25) is 0 Å². The van der Waals surface area contributed by atoms with Gasteiger partial charge in [0.15, 0.2) is 0 Å². The van der Waals surface area contributed by atoms with Crippen molar-refractivity contribution >= 4 is 5.97 Å². The van der Waals surface area contributed by atoms with Crippen LogP contribution < -0.4 is 0 Å². The Morgan fingerprint density at radius 1 is 1.24 bits per heavy atom. The minimum atomic E-state index is -0.774. The number of ether oxygens (including phenoxy) is 3. The van der Waals surface area contributed by atoms with Crippen LogP contribution in [0.25, 0.3) is 0 Å². The number of rotatable bonds is 8. The monoisotopic (exact) mass is 294 g/mol. The summed E-state index contributed by atoms with van der Waals surface area (Å²) in [4.78, 5) is 11.2. The third kappa shape index (κ3) is 5.97. The highest BCUT2D eigenvalue weighted by Gasteiger charge is 2.21. The summed E-state index contributed by atoms with van der Waals surface area (Å²) in [6.07, 6.45) is 0.454. The average molecular weight is 294 g/mol. The summed E-state index contributed by atoms with van der Waals surface area (Å²) in [5, 5.41) is 10.1. The van der Waals surface area contributed by atoms with Crippen molar-refractivity contribution < 1.29 is 24.1 Å². The Labute approximate surface area is 125 Å². The number of carbonyl (C=O) groups is 1. The molecule has 1 aromatic rings. The van der Waals surface area contributed by atoms with Crippen molar-refractivity contribution in [2.75, 3.05) is 20.8 Å². The number of aliphatic hydroxyl groups is 1. The van der Waals surface area contributed by atoms with E-state index >= 15 is 0 Å². The van der Waals surface area contributed by atoms with Crippen LogP contribution in [0, 0.1) is 5.92 Å². The molecule has 0 saturated carbocycles. The first-order chi connectivity index (χ1) is 10.1. The van der Waals surface area contributed by atoms with Crippen LogP contribution in [0.3, 0.4) is 0 Å². The van der Waals surface area contributed by atoms with E-state index in [1.165, 1.54) is 20.3 Å². The minimum Gasteiger partial charge on any atom is -0.500 e. The van der Waals surface area contributed by atoms with E-state index < -0.39 is 12.1 Å². The molecule has 1 N–H and O–H groups in total. The summed E-state index contributed by atoms with van der Waals surface area (Å²) in [5.41, 5.74) is 1.04. The predicted molar refractivity (Wildman–Crippen MR) is 78.4 cm³/mol. The summed E-state index contributed by atoms with van der Waals surface area (Å²) in [6, 6.07) is 9.70. The molecule has 0 heterocycles. The smallest absolute Gasteiger partial charge is 0.333 e. The maximum atomic E-state index is 11.2. The Morgan fingerprint density at radius 3 is 2.48 bits per heavy atom. The van der Waals surface area contributed by atoms with Crippen molar-refractivity contribution in [1.82, 2.24) is 0 Å². The second-order valence-corrected chi connectivity index (χ2v) is 4.63. The first kappa shape index (κ1) is 17.2. The highest BCUT2D eigenvalue weighted by atomic mass is 16.5. The van der Waals surface area contributed by atoms with Gasteiger partial charge in [-0.15, -0.1) is 0 Å². The molecule has 1 aromatic carbocycles. The molecular formula is C16H22O5. The maximum absolute atomic E-state index is 11.2. The summed E-state index contributed by atoms with van der Waals surface area (Å²) in [6.45, 7) is 2.33. The van der Waals surface area contributed by atoms with Crippen LogP contribution >= 0.6 is 0 Å². The molecule has 0 aliphatic carbocycles. The maximum Gasteiger partial charge on any atom is 0.333 e. The summed E-state index contributed by atoms with van der Waals surface area (Å²) < 4.78 is 15.1. The highest BCUT2D eigenvalue weighted by Crippen LogP contribution is 2.16. The van der Waals surface area contributed by atoms with Crippen molar-refractivity contribution in [3.8, 4) is 0 Å². The Bertz CT molecular complexity index is 455. The Hall–Kier alpha value is -1.85. The van der Waals surface area contributed by atoms with Crippen molar-refractivity contribution in [1.29, 1.82) is 0 Å². The first-order valence-electron chi connectivity index (χ1n) is 6.71. The lowest BCUT2D eigenvalue weighted by molar-refractivity contribution is -0.135. The summed E-state index contributed by atoms with van der Waals surface area (Å²) in [7, 11) is 2.74. The van der Waals surface area contributed by atoms with E-state index in [-0.39, 0.29) is 12.5 Å². The van der Waals surface area contributed by atoms with Crippen LogP contribution in [-0.2, 0) is 25.6 Å². The van der Waals surface area contributed by atoms with Crippen LogP contribution in [0.2, 0.25) is 0 Å². The standard InChI is InChI=1S/C16H22O5/c1-12(15(19-2)9-16(18)20-3)14(17)11-21-10-13-7-5-4-6-8-13/h4-9,12,14,17H,10-11H2,1-3H3. The molecule has 0 spiro atoms. The van der Waals surface area contributed by atoms with Gasteiger partial charge >= 0.3 is 5.97 Å². The molecule has 0 amide bonds. The number of aliphatic hydroxyl groups excluding tert-OH is 1. The normalized spacial score (nSPS) is 14.4. The highest BCUT2D eigenvalue weighted by molar-refractivity contribution is 5.82. The Balaban J connectivity index is 2.48. The lowest BCUT2D eigenvalue weighted by Gasteiger charge is -2.20. The zero-order chi connectivity index (χ0) is 15.7. The van der Waals surface area contributed by atoms with Gasteiger partial charge in [-0.05, 0) is 5.56 Å². The lowest BCUT2D eigenvalue weighted by Crippen LogP contribution is -2.26. The average Bonchev–Trinajstić information content (AvgIpc) is 2.52. The van der Waals surface area contributed by atoms with Crippen LogP contribution in [-0.4, -0.2) is 38.0 Å². The van der Waals surface area contributed by atoms with E-state index in [2.05, 4.69) is 4.74 Å². The number of methoxy groups -OCH3 is 2. The molecule has 0 saturated heterocycles. The van der Waals surface area contributed by atoms with Crippen molar-refractivity contribution in [2.24, 2.45) is 5.92 Å². The molecule has 5 nitrogen and oxygen atoms in total. The zero-order valence-electron chi connectivity index (χ0n) is 12.6. The molecule has 0 radical (unpaired) electrons. The fraction of sp³-hybridized carbons (Fsp3) is 0.438. The molecule has 5 heteroatoms. The van der Waals surface area contributed by atoms with Gasteiger partial charge in [0.1, 0.15) is 5.76 Å². The number of esters is 1. The molecule has 116 valence electrons. The lowest BCUT2D eigenvalue weighted by atomic mass is 10.0. The quantitative estimate of drug-likeness (QED) is 0.451.